The van der Waals surface area contributed by atoms with Gasteiger partial charge in [-0.2, -0.15) is 10.2 Å². The van der Waals surface area contributed by atoms with E-state index in [4.69, 9.17) is 21.8 Å². The second-order valence-electron chi connectivity index (χ2n) is 5.43. The van der Waals surface area contributed by atoms with Gasteiger partial charge in [0.05, 0.1) is 30.4 Å². The SMILES string of the molecule is [2H]c1c([2H])c(C2(C=O)C(C(=O)OC)CC=NN2c2cnn(C)c2)c([2H])c([2H])c1Cl. The molecule has 0 aliphatic carbocycles. The van der Waals surface area contributed by atoms with Gasteiger partial charge in [-0.1, -0.05) is 23.7 Å². The Balaban J connectivity index is 2.43. The van der Waals surface area contributed by atoms with Gasteiger partial charge in [0.25, 0.3) is 0 Å². The standard InChI is InChI=1S/C17H17ClN4O3/c1-21-10-14(9-20-21)22-17(11-23,12-3-5-13(18)6-4-12)15(7-8-19-22)16(24)25-2/h3-6,8-11,15H,7H2,1-2H3/i3D,4D,5D,6D. The van der Waals surface area contributed by atoms with Gasteiger partial charge < -0.3 is 9.53 Å². The Kier molecular flexibility index (Phi) is 3.38. The first-order valence-corrected chi connectivity index (χ1v) is 7.70. The lowest BCUT2D eigenvalue weighted by molar-refractivity contribution is -0.149. The molecule has 1 aromatic carbocycles. The van der Waals surface area contributed by atoms with Crippen LogP contribution in [0.15, 0.2) is 41.7 Å². The average Bonchev–Trinajstić information content (AvgIpc) is 3.16. The number of rotatable bonds is 4. The summed E-state index contributed by atoms with van der Waals surface area (Å²) in [5.41, 5.74) is -2.01. The normalized spacial score (nSPS) is 24.9. The van der Waals surface area contributed by atoms with Crippen LogP contribution in [0.2, 0.25) is 5.02 Å². The van der Waals surface area contributed by atoms with Gasteiger partial charge in [-0.05, 0) is 17.6 Å². The number of hydrogen-bond donors (Lipinski definition) is 0. The minimum absolute atomic E-state index is 0.00957. The van der Waals surface area contributed by atoms with Gasteiger partial charge in [0.15, 0.2) is 11.8 Å². The first-order valence-electron chi connectivity index (χ1n) is 9.32. The van der Waals surface area contributed by atoms with E-state index in [1.165, 1.54) is 22.1 Å². The van der Waals surface area contributed by atoms with Crippen LogP contribution in [-0.4, -0.2) is 35.4 Å². The maximum absolute atomic E-state index is 12.6. The molecule has 0 amide bonds. The maximum atomic E-state index is 12.6. The van der Waals surface area contributed by atoms with E-state index in [1.54, 1.807) is 13.2 Å². The molecule has 3 rings (SSSR count). The summed E-state index contributed by atoms with van der Waals surface area (Å²) < 4.78 is 39.3. The second kappa shape index (κ2) is 6.68. The van der Waals surface area contributed by atoms with Crippen molar-refractivity contribution in [3.05, 3.63) is 47.1 Å². The molecular formula is C17H17ClN4O3. The largest absolute Gasteiger partial charge is 0.469 e. The number of benzene rings is 1. The number of ether oxygens (including phenoxy) is 1. The molecule has 0 radical (unpaired) electrons. The minimum atomic E-state index is -2.00. The molecule has 2 aromatic rings. The van der Waals surface area contributed by atoms with Gasteiger partial charge in [-0.25, -0.2) is 5.01 Å². The third-order valence-corrected chi connectivity index (χ3v) is 4.21. The first kappa shape index (κ1) is 12.7. The van der Waals surface area contributed by atoms with Gasteiger partial charge in [-0.3, -0.25) is 9.48 Å². The van der Waals surface area contributed by atoms with E-state index in [1.807, 2.05) is 0 Å². The number of hydrazone groups is 1. The Labute approximate surface area is 155 Å². The summed E-state index contributed by atoms with van der Waals surface area (Å²) in [4.78, 5) is 25.3. The predicted octanol–water partition coefficient (Wildman–Crippen LogP) is 2.15. The average molecular weight is 365 g/mol. The van der Waals surface area contributed by atoms with Crippen molar-refractivity contribution in [2.75, 3.05) is 12.1 Å². The van der Waals surface area contributed by atoms with Crippen LogP contribution in [0.1, 0.15) is 17.5 Å². The maximum Gasteiger partial charge on any atom is 0.312 e. The highest BCUT2D eigenvalue weighted by Gasteiger charge is 2.52. The van der Waals surface area contributed by atoms with Crippen molar-refractivity contribution in [3.63, 3.8) is 0 Å². The number of nitrogens with zero attached hydrogens (tertiary/aromatic N) is 4. The van der Waals surface area contributed by atoms with Gasteiger partial charge in [0, 0.05) is 30.9 Å². The molecule has 2 atom stereocenters. The highest BCUT2D eigenvalue weighted by atomic mass is 35.5. The van der Waals surface area contributed by atoms with Crippen LogP contribution in [0.25, 0.3) is 0 Å². The lowest BCUT2D eigenvalue weighted by atomic mass is 9.75. The fourth-order valence-corrected chi connectivity index (χ4v) is 2.94. The molecule has 1 aliphatic heterocycles. The smallest absolute Gasteiger partial charge is 0.312 e. The molecule has 2 unspecified atom stereocenters. The quantitative estimate of drug-likeness (QED) is 0.613. The van der Waals surface area contributed by atoms with E-state index >= 15 is 0 Å². The Morgan fingerprint density at radius 2 is 2.20 bits per heavy atom. The number of carbonyl (C=O) groups excluding carboxylic acids is 2. The number of methoxy groups -OCH3 is 1. The summed E-state index contributed by atoms with van der Waals surface area (Å²) in [6.07, 6.45) is 4.76. The van der Waals surface area contributed by atoms with Crippen molar-refractivity contribution in [1.82, 2.24) is 9.78 Å². The lowest BCUT2D eigenvalue weighted by Crippen LogP contribution is -2.55. The van der Waals surface area contributed by atoms with Crippen LogP contribution < -0.4 is 5.01 Å². The molecule has 0 bridgehead atoms. The van der Waals surface area contributed by atoms with Crippen LogP contribution >= 0.6 is 11.6 Å². The Hall–Kier alpha value is -2.67. The van der Waals surface area contributed by atoms with Gasteiger partial charge in [-0.15, -0.1) is 0 Å². The first-order chi connectivity index (χ1) is 13.7. The van der Waals surface area contributed by atoms with E-state index in [0.717, 1.165) is 7.11 Å². The zero-order chi connectivity index (χ0) is 21.5. The zero-order valence-corrected chi connectivity index (χ0v) is 14.2. The second-order valence-corrected chi connectivity index (χ2v) is 5.80. The topological polar surface area (TPSA) is 76.8 Å². The van der Waals surface area contributed by atoms with Crippen molar-refractivity contribution in [1.29, 1.82) is 0 Å². The van der Waals surface area contributed by atoms with Crippen LogP contribution in [0.4, 0.5) is 5.69 Å². The minimum Gasteiger partial charge on any atom is -0.469 e. The Morgan fingerprint density at radius 3 is 2.76 bits per heavy atom. The fourth-order valence-electron chi connectivity index (χ4n) is 2.84. The van der Waals surface area contributed by atoms with E-state index < -0.39 is 41.6 Å². The summed E-state index contributed by atoms with van der Waals surface area (Å²) in [6.45, 7) is 0. The van der Waals surface area contributed by atoms with Crippen LogP contribution in [-0.2, 0) is 26.9 Å². The molecule has 0 N–H and O–H groups in total. The van der Waals surface area contributed by atoms with E-state index in [0.29, 0.717) is 12.0 Å². The summed E-state index contributed by atoms with van der Waals surface area (Å²) in [5, 5.41) is 9.08. The van der Waals surface area contributed by atoms with Crippen LogP contribution in [0.3, 0.4) is 0 Å². The number of esters is 1. The zero-order valence-electron chi connectivity index (χ0n) is 17.5. The molecule has 0 saturated carbocycles. The highest BCUT2D eigenvalue weighted by Crippen LogP contribution is 2.42. The lowest BCUT2D eigenvalue weighted by Gasteiger charge is -2.43. The highest BCUT2D eigenvalue weighted by molar-refractivity contribution is 6.30. The van der Waals surface area contributed by atoms with E-state index in [2.05, 4.69) is 10.2 Å². The molecular weight excluding hydrogens is 344 g/mol. The van der Waals surface area contributed by atoms with Crippen molar-refractivity contribution < 1.29 is 19.8 Å². The van der Waals surface area contributed by atoms with Crippen molar-refractivity contribution in [3.8, 4) is 0 Å². The molecule has 8 heteroatoms. The van der Waals surface area contributed by atoms with Gasteiger partial charge >= 0.3 is 5.97 Å². The number of aromatic nitrogens is 2. The van der Waals surface area contributed by atoms with Gasteiger partial charge in [0.2, 0.25) is 0 Å². The van der Waals surface area contributed by atoms with E-state index in [9.17, 15) is 9.59 Å². The summed E-state index contributed by atoms with van der Waals surface area (Å²) >= 11 is 5.92. The summed E-state index contributed by atoms with van der Waals surface area (Å²) in [6, 6.07) is -2.12. The van der Waals surface area contributed by atoms with E-state index in [-0.39, 0.29) is 17.0 Å². The molecule has 1 aliphatic rings. The number of anilines is 1. The van der Waals surface area contributed by atoms with Crippen LogP contribution in [0.5, 0.6) is 0 Å². The number of aryl methyl sites for hydroxylation is 1. The molecule has 0 saturated heterocycles. The van der Waals surface area contributed by atoms with Crippen molar-refractivity contribution >= 4 is 35.8 Å². The Morgan fingerprint density at radius 1 is 1.48 bits per heavy atom. The van der Waals surface area contributed by atoms with Crippen molar-refractivity contribution in [2.24, 2.45) is 18.1 Å². The molecule has 25 heavy (non-hydrogen) atoms. The monoisotopic (exact) mass is 364 g/mol. The number of carbonyl (C=O) groups is 2. The molecule has 1 aromatic heterocycles. The Bertz CT molecular complexity index is 999. The predicted molar refractivity (Wildman–Crippen MR) is 93.5 cm³/mol. The third-order valence-electron chi connectivity index (χ3n) is 4.02. The molecule has 2 heterocycles. The molecule has 0 fully saturated rings. The van der Waals surface area contributed by atoms with Crippen molar-refractivity contribution in [2.45, 2.75) is 12.0 Å². The molecule has 0 spiro atoms. The number of halogens is 1. The third kappa shape index (κ3) is 2.80. The molecule has 7 nitrogen and oxygen atoms in total. The molecule has 130 valence electrons. The number of hydrogen-bond acceptors (Lipinski definition) is 6. The summed E-state index contributed by atoms with van der Waals surface area (Å²) in [7, 11) is 2.81. The fraction of sp³-hybridized carbons (Fsp3) is 0.294. The summed E-state index contributed by atoms with van der Waals surface area (Å²) in [5.74, 6) is -1.94. The number of aldehydes is 1. The van der Waals surface area contributed by atoms with Gasteiger partial charge in [0.1, 0.15) is 0 Å². The van der Waals surface area contributed by atoms with Crippen LogP contribution in [0, 0.1) is 5.92 Å².